The summed E-state index contributed by atoms with van der Waals surface area (Å²) in [5.41, 5.74) is 6.82. The lowest BCUT2D eigenvalue weighted by Gasteiger charge is -2.20. The van der Waals surface area contributed by atoms with Crippen molar-refractivity contribution in [1.82, 2.24) is 5.32 Å². The van der Waals surface area contributed by atoms with E-state index in [0.717, 1.165) is 5.56 Å². The molecular formula is C15H17FN2O2S. The zero-order valence-electron chi connectivity index (χ0n) is 11.5. The number of aliphatic hydroxyl groups excluding tert-OH is 1. The third kappa shape index (κ3) is 3.87. The minimum absolute atomic E-state index is 0.275. The summed E-state index contributed by atoms with van der Waals surface area (Å²) in [5, 5.41) is 14.7. The van der Waals surface area contributed by atoms with Crippen molar-refractivity contribution in [3.8, 4) is 0 Å². The third-order valence-corrected chi connectivity index (χ3v) is 4.11. The van der Waals surface area contributed by atoms with Crippen LogP contribution in [0.2, 0.25) is 0 Å². The van der Waals surface area contributed by atoms with E-state index >= 15 is 0 Å². The number of rotatable bonds is 5. The highest BCUT2D eigenvalue weighted by atomic mass is 32.1. The summed E-state index contributed by atoms with van der Waals surface area (Å²) in [5.74, 6) is -0.696. The van der Waals surface area contributed by atoms with E-state index in [0.29, 0.717) is 17.0 Å². The van der Waals surface area contributed by atoms with Crippen LogP contribution in [0.1, 0.15) is 33.8 Å². The van der Waals surface area contributed by atoms with Gasteiger partial charge >= 0.3 is 0 Å². The summed E-state index contributed by atoms with van der Waals surface area (Å²) in [6, 6.07) is 6.89. The van der Waals surface area contributed by atoms with Gasteiger partial charge in [0.15, 0.2) is 0 Å². The van der Waals surface area contributed by atoms with Crippen LogP contribution in [-0.4, -0.2) is 17.1 Å². The first-order valence-electron chi connectivity index (χ1n) is 6.53. The molecule has 0 radical (unpaired) electrons. The fourth-order valence-electron chi connectivity index (χ4n) is 1.94. The van der Waals surface area contributed by atoms with E-state index in [1.807, 2.05) is 5.38 Å². The second-order valence-corrected chi connectivity index (χ2v) is 5.70. The van der Waals surface area contributed by atoms with E-state index in [4.69, 9.17) is 5.73 Å². The van der Waals surface area contributed by atoms with Crippen molar-refractivity contribution >= 4 is 17.2 Å². The van der Waals surface area contributed by atoms with Crippen molar-refractivity contribution in [2.45, 2.75) is 25.6 Å². The Morgan fingerprint density at radius 2 is 2.24 bits per heavy atom. The van der Waals surface area contributed by atoms with E-state index in [-0.39, 0.29) is 5.91 Å². The van der Waals surface area contributed by atoms with Gasteiger partial charge in [0.1, 0.15) is 5.82 Å². The summed E-state index contributed by atoms with van der Waals surface area (Å²) in [4.78, 5) is 12.6. The molecule has 1 aromatic carbocycles. The summed E-state index contributed by atoms with van der Waals surface area (Å²) in [6.07, 6.45) is -0.974. The van der Waals surface area contributed by atoms with Crippen LogP contribution in [0.15, 0.2) is 35.7 Å². The smallest absolute Gasteiger partial charge is 0.261 e. The number of carbonyl (C=O) groups is 1. The van der Waals surface area contributed by atoms with Crippen LogP contribution in [0.3, 0.4) is 0 Å². The Morgan fingerprint density at radius 1 is 1.48 bits per heavy atom. The van der Waals surface area contributed by atoms with Crippen molar-refractivity contribution in [3.63, 3.8) is 0 Å². The minimum atomic E-state index is -0.974. The third-order valence-electron chi connectivity index (χ3n) is 3.14. The first-order chi connectivity index (χ1) is 10.0. The maximum atomic E-state index is 13.2. The lowest BCUT2D eigenvalue weighted by molar-refractivity contribution is 0.0855. The standard InChI is InChI=1S/C15H17FN2O2S/c1-9(14(19)11-3-2-4-12(16)6-11)18-15(20)13-5-10(7-17)8-21-13/h2-6,8-9,14,19H,7,17H2,1H3,(H,18,20). The highest BCUT2D eigenvalue weighted by Crippen LogP contribution is 2.19. The van der Waals surface area contributed by atoms with E-state index in [2.05, 4.69) is 5.32 Å². The average molecular weight is 308 g/mol. The molecule has 0 aliphatic heterocycles. The van der Waals surface area contributed by atoms with Gasteiger partial charge in [-0.25, -0.2) is 4.39 Å². The zero-order valence-corrected chi connectivity index (χ0v) is 12.4. The van der Waals surface area contributed by atoms with Crippen molar-refractivity contribution in [2.24, 2.45) is 5.73 Å². The number of nitrogens with two attached hydrogens (primary N) is 1. The predicted octanol–water partition coefficient (Wildman–Crippen LogP) is 2.20. The minimum Gasteiger partial charge on any atom is -0.386 e. The molecule has 6 heteroatoms. The molecule has 0 fully saturated rings. The summed E-state index contributed by atoms with van der Waals surface area (Å²) in [7, 11) is 0. The van der Waals surface area contributed by atoms with Crippen LogP contribution in [-0.2, 0) is 6.54 Å². The summed E-state index contributed by atoms with van der Waals surface area (Å²) in [6.45, 7) is 2.05. The van der Waals surface area contributed by atoms with Gasteiger partial charge in [-0.05, 0) is 41.6 Å². The van der Waals surface area contributed by atoms with Gasteiger partial charge in [-0.15, -0.1) is 11.3 Å². The number of hydrogen-bond acceptors (Lipinski definition) is 4. The van der Waals surface area contributed by atoms with Crippen molar-refractivity contribution < 1.29 is 14.3 Å². The molecule has 0 saturated carbocycles. The van der Waals surface area contributed by atoms with Gasteiger partial charge in [-0.1, -0.05) is 12.1 Å². The van der Waals surface area contributed by atoms with Crippen LogP contribution < -0.4 is 11.1 Å². The number of nitrogens with one attached hydrogen (secondary N) is 1. The highest BCUT2D eigenvalue weighted by Gasteiger charge is 2.20. The van der Waals surface area contributed by atoms with Crippen LogP contribution in [0.25, 0.3) is 0 Å². The van der Waals surface area contributed by atoms with Crippen LogP contribution in [0, 0.1) is 5.82 Å². The normalized spacial score (nSPS) is 13.7. The van der Waals surface area contributed by atoms with Gasteiger partial charge in [0.05, 0.1) is 17.0 Å². The topological polar surface area (TPSA) is 75.4 Å². The van der Waals surface area contributed by atoms with Crippen LogP contribution in [0.5, 0.6) is 0 Å². The van der Waals surface area contributed by atoms with Gasteiger partial charge in [0.2, 0.25) is 0 Å². The van der Waals surface area contributed by atoms with Gasteiger partial charge in [0, 0.05) is 6.54 Å². The zero-order chi connectivity index (χ0) is 15.4. The molecule has 0 spiro atoms. The molecule has 1 heterocycles. The maximum absolute atomic E-state index is 13.2. The van der Waals surface area contributed by atoms with Gasteiger partial charge in [0.25, 0.3) is 5.91 Å². The van der Waals surface area contributed by atoms with E-state index in [9.17, 15) is 14.3 Å². The first kappa shape index (κ1) is 15.6. The summed E-state index contributed by atoms with van der Waals surface area (Å²) >= 11 is 1.30. The Kier molecular flexibility index (Phi) is 5.06. The number of carbonyl (C=O) groups excluding carboxylic acids is 1. The molecule has 4 nitrogen and oxygen atoms in total. The molecule has 21 heavy (non-hydrogen) atoms. The molecule has 2 rings (SSSR count). The van der Waals surface area contributed by atoms with E-state index < -0.39 is 18.0 Å². The Balaban J connectivity index is 2.03. The second kappa shape index (κ2) is 6.80. The number of amides is 1. The van der Waals surface area contributed by atoms with Crippen molar-refractivity contribution in [1.29, 1.82) is 0 Å². The van der Waals surface area contributed by atoms with Crippen molar-refractivity contribution in [3.05, 3.63) is 57.5 Å². The van der Waals surface area contributed by atoms with Crippen LogP contribution in [0.4, 0.5) is 4.39 Å². The molecule has 0 saturated heterocycles. The molecule has 0 bridgehead atoms. The second-order valence-electron chi connectivity index (χ2n) is 4.79. The first-order valence-corrected chi connectivity index (χ1v) is 7.41. The van der Waals surface area contributed by atoms with Crippen molar-refractivity contribution in [2.75, 3.05) is 0 Å². The molecule has 1 aromatic heterocycles. The average Bonchev–Trinajstić information content (AvgIpc) is 2.95. The fraction of sp³-hybridized carbons (Fsp3) is 0.267. The molecule has 4 N–H and O–H groups in total. The quantitative estimate of drug-likeness (QED) is 0.792. The van der Waals surface area contributed by atoms with Gasteiger partial charge in [-0.3, -0.25) is 4.79 Å². The predicted molar refractivity (Wildman–Crippen MR) is 80.5 cm³/mol. The summed E-state index contributed by atoms with van der Waals surface area (Å²) < 4.78 is 13.2. The van der Waals surface area contributed by atoms with E-state index in [1.165, 1.54) is 29.5 Å². The Bertz CT molecular complexity index is 630. The number of thiophene rings is 1. The SMILES string of the molecule is CC(NC(=O)c1cc(CN)cs1)C(O)c1cccc(F)c1. The molecule has 0 aliphatic rings. The number of halogens is 1. The Labute approximate surface area is 126 Å². The Hall–Kier alpha value is -1.76. The molecule has 2 atom stereocenters. The molecule has 112 valence electrons. The van der Waals surface area contributed by atoms with Gasteiger partial charge in [-0.2, -0.15) is 0 Å². The number of hydrogen-bond donors (Lipinski definition) is 3. The molecular weight excluding hydrogens is 291 g/mol. The lowest BCUT2D eigenvalue weighted by Crippen LogP contribution is -2.36. The van der Waals surface area contributed by atoms with Gasteiger partial charge < -0.3 is 16.2 Å². The largest absolute Gasteiger partial charge is 0.386 e. The number of aliphatic hydroxyl groups is 1. The molecule has 2 unspecified atom stereocenters. The highest BCUT2D eigenvalue weighted by molar-refractivity contribution is 7.12. The fourth-order valence-corrected chi connectivity index (χ4v) is 2.77. The monoisotopic (exact) mass is 308 g/mol. The maximum Gasteiger partial charge on any atom is 0.261 e. The number of benzene rings is 1. The van der Waals surface area contributed by atoms with E-state index in [1.54, 1.807) is 19.1 Å². The molecule has 1 amide bonds. The van der Waals surface area contributed by atoms with Crippen LogP contribution >= 0.6 is 11.3 Å². The Morgan fingerprint density at radius 3 is 2.86 bits per heavy atom. The molecule has 2 aromatic rings. The molecule has 0 aliphatic carbocycles. The lowest BCUT2D eigenvalue weighted by atomic mass is 10.0.